The lowest BCUT2D eigenvalue weighted by Crippen LogP contribution is -2.51. The maximum Gasteiger partial charge on any atom is 0.227 e. The Morgan fingerprint density at radius 2 is 2.29 bits per heavy atom. The van der Waals surface area contributed by atoms with E-state index in [4.69, 9.17) is 0 Å². The number of carbonyl (C=O) groups is 1. The minimum Gasteiger partial charge on any atom is -0.340 e. The number of halogens is 1. The molecule has 0 saturated carbocycles. The summed E-state index contributed by atoms with van der Waals surface area (Å²) < 4.78 is 1.01. The third-order valence-electron chi connectivity index (χ3n) is 3.02. The Morgan fingerprint density at radius 3 is 3.00 bits per heavy atom. The summed E-state index contributed by atoms with van der Waals surface area (Å²) in [4.78, 5) is 14.1. The van der Waals surface area contributed by atoms with Gasteiger partial charge in [-0.3, -0.25) is 4.79 Å². The van der Waals surface area contributed by atoms with E-state index >= 15 is 0 Å². The van der Waals surface area contributed by atoms with Crippen molar-refractivity contribution in [3.63, 3.8) is 0 Å². The van der Waals surface area contributed by atoms with Crippen molar-refractivity contribution in [1.82, 2.24) is 10.2 Å². The van der Waals surface area contributed by atoms with E-state index in [0.29, 0.717) is 12.5 Å². The number of piperazine rings is 1. The van der Waals surface area contributed by atoms with Crippen molar-refractivity contribution >= 4 is 21.8 Å². The van der Waals surface area contributed by atoms with Crippen LogP contribution in [0.15, 0.2) is 28.7 Å². The molecule has 0 aromatic heterocycles. The van der Waals surface area contributed by atoms with Gasteiger partial charge in [0.15, 0.2) is 0 Å². The van der Waals surface area contributed by atoms with Gasteiger partial charge in [-0.25, -0.2) is 0 Å². The maximum atomic E-state index is 12.1. The van der Waals surface area contributed by atoms with Crippen molar-refractivity contribution in [3.05, 3.63) is 34.3 Å². The second kappa shape index (κ2) is 5.65. The lowest BCUT2D eigenvalue weighted by atomic mass is 10.1. The van der Waals surface area contributed by atoms with E-state index in [2.05, 4.69) is 28.2 Å². The number of carbonyl (C=O) groups excluding carboxylic acids is 1. The van der Waals surface area contributed by atoms with Gasteiger partial charge in [0.2, 0.25) is 5.91 Å². The summed E-state index contributed by atoms with van der Waals surface area (Å²) in [6.45, 7) is 4.62. The van der Waals surface area contributed by atoms with Crippen molar-refractivity contribution in [2.24, 2.45) is 0 Å². The smallest absolute Gasteiger partial charge is 0.227 e. The van der Waals surface area contributed by atoms with Crippen LogP contribution in [0.5, 0.6) is 0 Å². The van der Waals surface area contributed by atoms with Crippen LogP contribution in [0.3, 0.4) is 0 Å². The number of nitrogens with one attached hydrogen (secondary N) is 1. The van der Waals surface area contributed by atoms with Crippen LogP contribution in [-0.2, 0) is 11.2 Å². The van der Waals surface area contributed by atoms with Gasteiger partial charge in [-0.1, -0.05) is 34.1 Å². The number of benzene rings is 1. The third-order valence-corrected chi connectivity index (χ3v) is 3.79. The Morgan fingerprint density at radius 1 is 1.53 bits per heavy atom. The lowest BCUT2D eigenvalue weighted by Gasteiger charge is -2.32. The first kappa shape index (κ1) is 12.6. The Balaban J connectivity index is 1.99. The van der Waals surface area contributed by atoms with Crippen LogP contribution in [0.4, 0.5) is 0 Å². The average molecular weight is 297 g/mol. The van der Waals surface area contributed by atoms with E-state index in [1.807, 2.05) is 29.2 Å². The largest absolute Gasteiger partial charge is 0.340 e. The zero-order valence-corrected chi connectivity index (χ0v) is 11.5. The summed E-state index contributed by atoms with van der Waals surface area (Å²) in [7, 11) is 0. The molecule has 0 bridgehead atoms. The molecule has 0 spiro atoms. The molecule has 1 saturated heterocycles. The fourth-order valence-corrected chi connectivity index (χ4v) is 2.50. The molecule has 1 heterocycles. The average Bonchev–Trinajstić information content (AvgIpc) is 2.32. The Hall–Kier alpha value is -0.870. The summed E-state index contributed by atoms with van der Waals surface area (Å²) in [5.74, 6) is 0.213. The van der Waals surface area contributed by atoms with Crippen LogP contribution in [0, 0.1) is 0 Å². The molecule has 1 N–H and O–H groups in total. The van der Waals surface area contributed by atoms with Crippen LogP contribution in [0.1, 0.15) is 12.5 Å². The van der Waals surface area contributed by atoms with Crippen molar-refractivity contribution in [1.29, 1.82) is 0 Å². The summed E-state index contributed by atoms with van der Waals surface area (Å²) in [6.07, 6.45) is 0.480. The van der Waals surface area contributed by atoms with Crippen LogP contribution in [0.25, 0.3) is 0 Å². The molecule has 1 fully saturated rings. The van der Waals surface area contributed by atoms with E-state index < -0.39 is 0 Å². The normalized spacial score (nSPS) is 20.4. The Bertz CT molecular complexity index is 408. The van der Waals surface area contributed by atoms with Crippen molar-refractivity contribution in [3.8, 4) is 0 Å². The summed E-state index contributed by atoms with van der Waals surface area (Å²) in [5.41, 5.74) is 1.06. The summed E-state index contributed by atoms with van der Waals surface area (Å²) >= 11 is 3.48. The summed E-state index contributed by atoms with van der Waals surface area (Å²) in [5, 5.41) is 3.34. The van der Waals surface area contributed by atoms with Gasteiger partial charge in [-0.2, -0.15) is 0 Å². The highest BCUT2D eigenvalue weighted by atomic mass is 79.9. The van der Waals surface area contributed by atoms with E-state index in [0.717, 1.165) is 29.7 Å². The monoisotopic (exact) mass is 296 g/mol. The fourth-order valence-electron chi connectivity index (χ4n) is 2.08. The SMILES string of the molecule is C[C@H]1CN(C(=O)Cc2ccccc2Br)CCN1. The molecule has 1 aliphatic rings. The van der Waals surface area contributed by atoms with E-state index in [1.54, 1.807) is 0 Å². The topological polar surface area (TPSA) is 32.3 Å². The van der Waals surface area contributed by atoms with Crippen molar-refractivity contribution in [2.75, 3.05) is 19.6 Å². The van der Waals surface area contributed by atoms with E-state index in [1.165, 1.54) is 0 Å². The predicted molar refractivity (Wildman–Crippen MR) is 71.9 cm³/mol. The van der Waals surface area contributed by atoms with Gasteiger partial charge in [-0.05, 0) is 18.6 Å². The number of hydrogen-bond acceptors (Lipinski definition) is 2. The molecule has 0 aliphatic carbocycles. The number of amides is 1. The van der Waals surface area contributed by atoms with Crippen LogP contribution >= 0.6 is 15.9 Å². The fraction of sp³-hybridized carbons (Fsp3) is 0.462. The molecule has 1 aromatic rings. The highest BCUT2D eigenvalue weighted by molar-refractivity contribution is 9.10. The predicted octanol–water partition coefficient (Wildman–Crippen LogP) is 1.81. The molecule has 4 heteroatoms. The van der Waals surface area contributed by atoms with Crippen molar-refractivity contribution in [2.45, 2.75) is 19.4 Å². The Labute approximate surface area is 110 Å². The van der Waals surface area contributed by atoms with Crippen LogP contribution < -0.4 is 5.32 Å². The lowest BCUT2D eigenvalue weighted by molar-refractivity contribution is -0.131. The molecule has 1 aromatic carbocycles. The molecule has 1 amide bonds. The molecule has 2 rings (SSSR count). The highest BCUT2D eigenvalue weighted by Gasteiger charge is 2.20. The first-order valence-electron chi connectivity index (χ1n) is 5.91. The molecule has 0 unspecified atom stereocenters. The number of rotatable bonds is 2. The van der Waals surface area contributed by atoms with Crippen LogP contribution in [-0.4, -0.2) is 36.5 Å². The minimum atomic E-state index is 0.213. The summed E-state index contributed by atoms with van der Waals surface area (Å²) in [6, 6.07) is 8.29. The maximum absolute atomic E-state index is 12.1. The van der Waals surface area contributed by atoms with Gasteiger partial charge < -0.3 is 10.2 Å². The zero-order valence-electron chi connectivity index (χ0n) is 9.95. The van der Waals surface area contributed by atoms with Gasteiger partial charge in [0, 0.05) is 30.1 Å². The second-order valence-electron chi connectivity index (χ2n) is 4.46. The second-order valence-corrected chi connectivity index (χ2v) is 5.32. The van der Waals surface area contributed by atoms with Gasteiger partial charge in [0.05, 0.1) is 6.42 Å². The minimum absolute atomic E-state index is 0.213. The highest BCUT2D eigenvalue weighted by Crippen LogP contribution is 2.17. The first-order chi connectivity index (χ1) is 8.16. The standard InChI is InChI=1S/C13H17BrN2O/c1-10-9-16(7-6-15-10)13(17)8-11-4-2-3-5-12(11)14/h2-5,10,15H,6-9H2,1H3/t10-/m0/s1. The number of hydrogen-bond donors (Lipinski definition) is 1. The molecule has 1 aliphatic heterocycles. The third kappa shape index (κ3) is 3.30. The number of nitrogens with zero attached hydrogens (tertiary/aromatic N) is 1. The van der Waals surface area contributed by atoms with Gasteiger partial charge >= 0.3 is 0 Å². The molecule has 92 valence electrons. The van der Waals surface area contributed by atoms with Crippen LogP contribution in [0.2, 0.25) is 0 Å². The van der Waals surface area contributed by atoms with Gasteiger partial charge in [0.25, 0.3) is 0 Å². The first-order valence-corrected chi connectivity index (χ1v) is 6.70. The Kier molecular flexibility index (Phi) is 4.18. The molecule has 1 atom stereocenters. The van der Waals surface area contributed by atoms with E-state index in [9.17, 15) is 4.79 Å². The zero-order chi connectivity index (χ0) is 12.3. The van der Waals surface area contributed by atoms with Gasteiger partial charge in [-0.15, -0.1) is 0 Å². The molecule has 3 nitrogen and oxygen atoms in total. The quantitative estimate of drug-likeness (QED) is 0.903. The van der Waals surface area contributed by atoms with Crippen molar-refractivity contribution < 1.29 is 4.79 Å². The molecular weight excluding hydrogens is 280 g/mol. The van der Waals surface area contributed by atoms with E-state index in [-0.39, 0.29) is 5.91 Å². The van der Waals surface area contributed by atoms with Gasteiger partial charge in [0.1, 0.15) is 0 Å². The molecule has 17 heavy (non-hydrogen) atoms. The molecule has 0 radical (unpaired) electrons. The molecular formula is C13H17BrN2O.